The summed E-state index contributed by atoms with van der Waals surface area (Å²) in [6.07, 6.45) is 5.40. The van der Waals surface area contributed by atoms with Crippen molar-refractivity contribution in [3.8, 4) is 0 Å². The van der Waals surface area contributed by atoms with Gasteiger partial charge in [-0.1, -0.05) is 24.3 Å². The molecule has 1 atom stereocenters. The second kappa shape index (κ2) is 7.02. The van der Waals surface area contributed by atoms with Gasteiger partial charge in [0.05, 0.1) is 13.0 Å². The minimum atomic E-state index is -0.631. The number of benzene rings is 1. The van der Waals surface area contributed by atoms with E-state index in [0.717, 1.165) is 12.8 Å². The molecule has 0 saturated carbocycles. The Kier molecular flexibility index (Phi) is 5.09. The van der Waals surface area contributed by atoms with Crippen molar-refractivity contribution in [1.29, 1.82) is 0 Å². The molecule has 1 aliphatic rings. The molecule has 1 amide bonds. The van der Waals surface area contributed by atoms with Crippen LogP contribution >= 0.6 is 0 Å². The van der Waals surface area contributed by atoms with Gasteiger partial charge in [0.25, 0.3) is 0 Å². The monoisotopic (exact) mass is 291 g/mol. The Morgan fingerprint density at radius 1 is 1.29 bits per heavy atom. The zero-order valence-electron chi connectivity index (χ0n) is 11.8. The molecule has 1 aromatic rings. The first kappa shape index (κ1) is 15.2. The van der Waals surface area contributed by atoms with Crippen molar-refractivity contribution in [2.75, 3.05) is 13.7 Å². The fourth-order valence-electron chi connectivity index (χ4n) is 2.35. The molecular weight excluding hydrogens is 273 g/mol. The lowest BCUT2D eigenvalue weighted by molar-refractivity contribution is -0.142. The summed E-state index contributed by atoms with van der Waals surface area (Å²) in [6, 6.07) is 5.63. The maximum Gasteiger partial charge on any atom is 0.314 e. The molecular formula is C16H18FNO3. The van der Waals surface area contributed by atoms with E-state index < -0.39 is 11.9 Å². The number of allylic oxidation sites excluding steroid dienone is 2. The molecule has 1 unspecified atom stereocenters. The van der Waals surface area contributed by atoms with E-state index in [0.29, 0.717) is 5.56 Å². The van der Waals surface area contributed by atoms with Crippen LogP contribution in [0.1, 0.15) is 24.3 Å². The lowest BCUT2D eigenvalue weighted by atomic mass is 9.98. The van der Waals surface area contributed by atoms with Crippen molar-refractivity contribution in [2.24, 2.45) is 5.92 Å². The van der Waals surface area contributed by atoms with Crippen molar-refractivity contribution in [1.82, 2.24) is 5.32 Å². The van der Waals surface area contributed by atoms with Gasteiger partial charge in [-0.3, -0.25) is 9.59 Å². The first-order valence-electron chi connectivity index (χ1n) is 6.88. The van der Waals surface area contributed by atoms with Crippen LogP contribution in [0.3, 0.4) is 0 Å². The van der Waals surface area contributed by atoms with E-state index in [1.165, 1.54) is 31.4 Å². The Bertz CT molecular complexity index is 531. The molecule has 21 heavy (non-hydrogen) atoms. The number of carbonyl (C=O) groups is 2. The van der Waals surface area contributed by atoms with Gasteiger partial charge in [-0.2, -0.15) is 0 Å². The van der Waals surface area contributed by atoms with Crippen molar-refractivity contribution in [2.45, 2.75) is 18.8 Å². The van der Waals surface area contributed by atoms with Gasteiger partial charge in [0.1, 0.15) is 5.82 Å². The first-order valence-corrected chi connectivity index (χ1v) is 6.88. The summed E-state index contributed by atoms with van der Waals surface area (Å²) in [5.41, 5.74) is 0.619. The fraction of sp³-hybridized carbons (Fsp3) is 0.375. The first-order chi connectivity index (χ1) is 10.1. The minimum Gasteiger partial charge on any atom is -0.468 e. The fourth-order valence-corrected chi connectivity index (χ4v) is 2.35. The maximum absolute atomic E-state index is 13.0. The molecule has 0 aromatic heterocycles. The number of ether oxygens (including phenoxy) is 1. The molecule has 4 nitrogen and oxygen atoms in total. The number of halogens is 1. The summed E-state index contributed by atoms with van der Waals surface area (Å²) < 4.78 is 17.7. The molecule has 0 radical (unpaired) electrons. The molecule has 0 spiro atoms. The zero-order valence-corrected chi connectivity index (χ0v) is 11.8. The Labute approximate surface area is 123 Å². The smallest absolute Gasteiger partial charge is 0.314 e. The number of nitrogens with one attached hydrogen (secondary N) is 1. The summed E-state index contributed by atoms with van der Waals surface area (Å²) >= 11 is 0. The third-order valence-corrected chi connectivity index (χ3v) is 3.62. The number of hydrogen-bond acceptors (Lipinski definition) is 3. The van der Waals surface area contributed by atoms with Gasteiger partial charge < -0.3 is 10.1 Å². The van der Waals surface area contributed by atoms with Crippen LogP contribution < -0.4 is 5.32 Å². The highest BCUT2D eigenvalue weighted by molar-refractivity contribution is 5.82. The van der Waals surface area contributed by atoms with Crippen LogP contribution in [0.15, 0.2) is 36.4 Å². The summed E-state index contributed by atoms with van der Waals surface area (Å²) in [6.45, 7) is 0.146. The average Bonchev–Trinajstić information content (AvgIpc) is 3.03. The van der Waals surface area contributed by atoms with Gasteiger partial charge in [0, 0.05) is 12.5 Å². The van der Waals surface area contributed by atoms with Crippen LogP contribution in [0.2, 0.25) is 0 Å². The lowest BCUT2D eigenvalue weighted by Crippen LogP contribution is -2.35. The van der Waals surface area contributed by atoms with Gasteiger partial charge >= 0.3 is 5.97 Å². The molecule has 112 valence electrons. The Hall–Kier alpha value is -2.17. The summed E-state index contributed by atoms with van der Waals surface area (Å²) in [5.74, 6) is -1.59. The van der Waals surface area contributed by atoms with Crippen LogP contribution in [0, 0.1) is 11.7 Å². The van der Waals surface area contributed by atoms with Crippen LogP contribution in [0.4, 0.5) is 4.39 Å². The predicted molar refractivity (Wildman–Crippen MR) is 76.0 cm³/mol. The molecule has 0 fully saturated rings. The quantitative estimate of drug-likeness (QED) is 0.668. The molecule has 0 aliphatic heterocycles. The molecule has 5 heteroatoms. The Balaban J connectivity index is 2.01. The van der Waals surface area contributed by atoms with Gasteiger partial charge in [-0.05, 0) is 30.5 Å². The average molecular weight is 291 g/mol. The van der Waals surface area contributed by atoms with Crippen molar-refractivity contribution < 1.29 is 18.7 Å². The normalized spacial score (nSPS) is 15.7. The zero-order chi connectivity index (χ0) is 15.2. The van der Waals surface area contributed by atoms with Gasteiger partial charge in [0.15, 0.2) is 0 Å². The van der Waals surface area contributed by atoms with Crippen LogP contribution in [0.25, 0.3) is 0 Å². The number of esters is 1. The van der Waals surface area contributed by atoms with E-state index in [1.807, 2.05) is 12.2 Å². The number of hydrogen-bond donors (Lipinski definition) is 1. The molecule has 2 rings (SSSR count). The largest absolute Gasteiger partial charge is 0.468 e. The summed E-state index contributed by atoms with van der Waals surface area (Å²) in [4.78, 5) is 23.8. The number of rotatable bonds is 5. The minimum absolute atomic E-state index is 0.0588. The molecule has 1 N–H and O–H groups in total. The van der Waals surface area contributed by atoms with E-state index in [1.54, 1.807) is 0 Å². The van der Waals surface area contributed by atoms with E-state index in [2.05, 4.69) is 5.32 Å². The third kappa shape index (κ3) is 3.90. The second-order valence-electron chi connectivity index (χ2n) is 5.01. The Morgan fingerprint density at radius 3 is 2.48 bits per heavy atom. The molecule has 0 saturated heterocycles. The third-order valence-electron chi connectivity index (χ3n) is 3.62. The number of amides is 1. The summed E-state index contributed by atoms with van der Waals surface area (Å²) in [5, 5.41) is 2.78. The highest BCUT2D eigenvalue weighted by atomic mass is 19.1. The van der Waals surface area contributed by atoms with Crippen LogP contribution in [-0.2, 0) is 14.3 Å². The van der Waals surface area contributed by atoms with Crippen LogP contribution in [-0.4, -0.2) is 25.5 Å². The van der Waals surface area contributed by atoms with E-state index in [4.69, 9.17) is 4.74 Å². The van der Waals surface area contributed by atoms with E-state index in [9.17, 15) is 14.0 Å². The van der Waals surface area contributed by atoms with Crippen molar-refractivity contribution in [3.63, 3.8) is 0 Å². The second-order valence-corrected chi connectivity index (χ2v) is 5.01. The molecule has 1 aromatic carbocycles. The SMILES string of the molecule is COC(=O)C(CNC(=O)C1CC=CC1)c1ccc(F)cc1. The topological polar surface area (TPSA) is 55.4 Å². The lowest BCUT2D eigenvalue weighted by Gasteiger charge is -2.17. The van der Waals surface area contributed by atoms with E-state index in [-0.39, 0.29) is 24.2 Å². The van der Waals surface area contributed by atoms with Crippen molar-refractivity contribution in [3.05, 3.63) is 47.8 Å². The number of carbonyl (C=O) groups excluding carboxylic acids is 2. The molecule has 0 heterocycles. The van der Waals surface area contributed by atoms with Gasteiger partial charge in [-0.25, -0.2) is 4.39 Å². The predicted octanol–water partition coefficient (Wildman–Crippen LogP) is 2.16. The maximum atomic E-state index is 13.0. The highest BCUT2D eigenvalue weighted by Crippen LogP contribution is 2.20. The van der Waals surface area contributed by atoms with Crippen molar-refractivity contribution >= 4 is 11.9 Å². The highest BCUT2D eigenvalue weighted by Gasteiger charge is 2.25. The molecule has 0 bridgehead atoms. The molecule has 1 aliphatic carbocycles. The van der Waals surface area contributed by atoms with E-state index >= 15 is 0 Å². The Morgan fingerprint density at radius 2 is 1.90 bits per heavy atom. The number of methoxy groups -OCH3 is 1. The standard InChI is InChI=1S/C16H18FNO3/c1-21-16(20)14(11-6-8-13(17)9-7-11)10-18-15(19)12-4-2-3-5-12/h2-3,6-9,12,14H,4-5,10H2,1H3,(H,18,19). The summed E-state index contributed by atoms with van der Waals surface area (Å²) in [7, 11) is 1.29. The van der Waals surface area contributed by atoms with Crippen LogP contribution in [0.5, 0.6) is 0 Å². The van der Waals surface area contributed by atoms with Gasteiger partial charge in [0.2, 0.25) is 5.91 Å². The van der Waals surface area contributed by atoms with Gasteiger partial charge in [-0.15, -0.1) is 0 Å².